The van der Waals surface area contributed by atoms with Crippen LogP contribution in [-0.2, 0) is 10.3 Å². The molecule has 0 radical (unpaired) electrons. The van der Waals surface area contributed by atoms with Gasteiger partial charge in [0.05, 0.1) is 28.7 Å². The largest absolute Gasteiger partial charge is 0.382 e. The van der Waals surface area contributed by atoms with Gasteiger partial charge in [0, 0.05) is 18.6 Å². The molecular formula is C18H21N3OS. The van der Waals surface area contributed by atoms with E-state index < -0.39 is 5.41 Å². The van der Waals surface area contributed by atoms with Gasteiger partial charge in [-0.15, -0.1) is 0 Å². The first-order valence-electron chi connectivity index (χ1n) is 7.79. The van der Waals surface area contributed by atoms with Crippen LogP contribution >= 0.6 is 12.2 Å². The molecule has 2 N–H and O–H groups in total. The summed E-state index contributed by atoms with van der Waals surface area (Å²) in [6.07, 6.45) is 7.12. The van der Waals surface area contributed by atoms with Gasteiger partial charge < -0.3 is 5.32 Å². The fourth-order valence-corrected chi connectivity index (χ4v) is 3.68. The predicted molar refractivity (Wildman–Crippen MR) is 97.2 cm³/mol. The Kier molecular flexibility index (Phi) is 4.59. The molecule has 0 saturated heterocycles. The molecule has 4 nitrogen and oxygen atoms in total. The molecule has 0 amide bonds. The summed E-state index contributed by atoms with van der Waals surface area (Å²) in [6, 6.07) is 10.3. The van der Waals surface area contributed by atoms with E-state index in [1.54, 1.807) is 7.11 Å². The molecule has 1 heterocycles. The molecule has 1 aromatic heterocycles. The maximum atomic E-state index is 5.71. The normalized spacial score (nSPS) is 20.9. The lowest BCUT2D eigenvalue weighted by Gasteiger charge is -2.39. The van der Waals surface area contributed by atoms with Crippen molar-refractivity contribution in [3.8, 4) is 0 Å². The van der Waals surface area contributed by atoms with E-state index >= 15 is 0 Å². The van der Waals surface area contributed by atoms with Crippen molar-refractivity contribution in [2.45, 2.75) is 24.7 Å². The van der Waals surface area contributed by atoms with E-state index in [1.807, 2.05) is 31.4 Å². The lowest BCUT2D eigenvalue weighted by atomic mass is 9.71. The Morgan fingerprint density at radius 1 is 1.35 bits per heavy atom. The first-order chi connectivity index (χ1) is 11.2. The number of pyridine rings is 1. The number of allylic oxidation sites excluding steroid dienone is 1. The maximum absolute atomic E-state index is 5.71. The van der Waals surface area contributed by atoms with Gasteiger partial charge in [-0.25, -0.2) is 0 Å². The number of aromatic nitrogens is 1. The van der Waals surface area contributed by atoms with Crippen molar-refractivity contribution in [3.63, 3.8) is 0 Å². The SMILES string of the molecule is CNC(=S)C1(c2cnc3ccccc3c2)CCCC=C1NOC. The molecule has 1 atom stereocenters. The molecule has 23 heavy (non-hydrogen) atoms. The van der Waals surface area contributed by atoms with E-state index in [0.717, 1.165) is 46.4 Å². The summed E-state index contributed by atoms with van der Waals surface area (Å²) in [4.78, 5) is 10.6. The third-order valence-electron chi connectivity index (χ3n) is 4.47. The monoisotopic (exact) mass is 327 g/mol. The van der Waals surface area contributed by atoms with Crippen LogP contribution < -0.4 is 10.8 Å². The number of fused-ring (bicyclic) bond motifs is 1. The van der Waals surface area contributed by atoms with Crippen molar-refractivity contribution >= 4 is 28.1 Å². The number of likely N-dealkylation sites (N-methyl/N-ethyl adjacent to an activating group) is 1. The minimum atomic E-state index is -0.421. The van der Waals surface area contributed by atoms with Crippen molar-refractivity contribution in [1.29, 1.82) is 0 Å². The van der Waals surface area contributed by atoms with Crippen molar-refractivity contribution < 1.29 is 4.84 Å². The first-order valence-corrected chi connectivity index (χ1v) is 8.20. The van der Waals surface area contributed by atoms with Crippen molar-refractivity contribution in [2.75, 3.05) is 14.2 Å². The van der Waals surface area contributed by atoms with Gasteiger partial charge in [0.2, 0.25) is 0 Å². The summed E-state index contributed by atoms with van der Waals surface area (Å²) < 4.78 is 0. The second-order valence-corrected chi connectivity index (χ2v) is 6.13. The van der Waals surface area contributed by atoms with E-state index in [2.05, 4.69) is 34.0 Å². The number of hydrogen-bond donors (Lipinski definition) is 2. The maximum Gasteiger partial charge on any atom is 0.0919 e. The third kappa shape index (κ3) is 2.71. The lowest BCUT2D eigenvalue weighted by Crippen LogP contribution is -2.48. The summed E-state index contributed by atoms with van der Waals surface area (Å²) in [5.41, 5.74) is 5.69. The van der Waals surface area contributed by atoms with Crippen LogP contribution in [0.2, 0.25) is 0 Å². The number of para-hydroxylation sites is 1. The van der Waals surface area contributed by atoms with Crippen LogP contribution in [0.4, 0.5) is 0 Å². The lowest BCUT2D eigenvalue weighted by molar-refractivity contribution is 0.106. The molecule has 0 aliphatic heterocycles. The van der Waals surface area contributed by atoms with E-state index in [0.29, 0.717) is 0 Å². The zero-order chi connectivity index (χ0) is 16.3. The van der Waals surface area contributed by atoms with Gasteiger partial charge in [-0.1, -0.05) is 36.5 Å². The quantitative estimate of drug-likeness (QED) is 0.667. The highest BCUT2D eigenvalue weighted by atomic mass is 32.1. The van der Waals surface area contributed by atoms with Gasteiger partial charge in [0.1, 0.15) is 0 Å². The number of rotatable bonds is 4. The number of benzene rings is 1. The van der Waals surface area contributed by atoms with Gasteiger partial charge in [0.25, 0.3) is 0 Å². The van der Waals surface area contributed by atoms with Gasteiger partial charge in [0.15, 0.2) is 0 Å². The van der Waals surface area contributed by atoms with E-state index in [9.17, 15) is 0 Å². The number of nitrogens with one attached hydrogen (secondary N) is 2. The fraction of sp³-hybridized carbons (Fsp3) is 0.333. The Bertz CT molecular complexity index is 759. The van der Waals surface area contributed by atoms with E-state index in [1.165, 1.54) is 0 Å². The van der Waals surface area contributed by atoms with Gasteiger partial charge in [-0.2, -0.15) is 0 Å². The average molecular weight is 327 g/mol. The highest BCUT2D eigenvalue weighted by molar-refractivity contribution is 7.80. The number of nitrogens with zero attached hydrogens (tertiary/aromatic N) is 1. The van der Waals surface area contributed by atoms with Crippen LogP contribution in [0.1, 0.15) is 24.8 Å². The number of hydrogen-bond acceptors (Lipinski definition) is 4. The van der Waals surface area contributed by atoms with E-state index in [-0.39, 0.29) is 0 Å². The van der Waals surface area contributed by atoms with Crippen LogP contribution in [0.5, 0.6) is 0 Å². The predicted octanol–water partition coefficient (Wildman–Crippen LogP) is 3.24. The number of hydroxylamine groups is 1. The topological polar surface area (TPSA) is 46.2 Å². The Hall–Kier alpha value is -1.98. The summed E-state index contributed by atoms with van der Waals surface area (Å²) in [6.45, 7) is 0. The zero-order valence-corrected chi connectivity index (χ0v) is 14.2. The van der Waals surface area contributed by atoms with E-state index in [4.69, 9.17) is 17.1 Å². The molecule has 5 heteroatoms. The summed E-state index contributed by atoms with van der Waals surface area (Å²) in [5, 5.41) is 4.29. The smallest absolute Gasteiger partial charge is 0.0919 e. The van der Waals surface area contributed by atoms with Crippen LogP contribution in [-0.4, -0.2) is 24.1 Å². The third-order valence-corrected chi connectivity index (χ3v) is 5.03. The average Bonchev–Trinajstić information content (AvgIpc) is 2.61. The van der Waals surface area contributed by atoms with Crippen molar-refractivity contribution in [3.05, 3.63) is 53.9 Å². The first kappa shape index (κ1) is 15.9. The second kappa shape index (κ2) is 6.64. The zero-order valence-electron chi connectivity index (χ0n) is 13.4. The molecule has 3 rings (SSSR count). The fourth-order valence-electron chi connectivity index (χ4n) is 3.35. The standard InChI is InChI=1S/C18H21N3OS/c1-19-17(23)18(10-6-5-9-16(18)21-22-2)14-11-13-7-3-4-8-15(13)20-12-14/h3-4,7-9,11-12,21H,5-6,10H2,1-2H3,(H,19,23). The van der Waals surface area contributed by atoms with Gasteiger partial charge >= 0.3 is 0 Å². The molecule has 0 bridgehead atoms. The van der Waals surface area contributed by atoms with Crippen molar-refractivity contribution in [2.24, 2.45) is 0 Å². The highest BCUT2D eigenvalue weighted by Gasteiger charge is 2.42. The molecular weight excluding hydrogens is 306 g/mol. The summed E-state index contributed by atoms with van der Waals surface area (Å²) in [7, 11) is 3.50. The molecule has 1 aliphatic rings. The van der Waals surface area contributed by atoms with Crippen LogP contribution in [0.15, 0.2) is 48.3 Å². The molecule has 0 spiro atoms. The molecule has 1 aliphatic carbocycles. The van der Waals surface area contributed by atoms with Gasteiger partial charge in [-0.05, 0) is 37.0 Å². The Balaban J connectivity index is 2.19. The molecule has 120 valence electrons. The van der Waals surface area contributed by atoms with Crippen molar-refractivity contribution in [1.82, 2.24) is 15.8 Å². The molecule has 0 fully saturated rings. The highest BCUT2D eigenvalue weighted by Crippen LogP contribution is 2.41. The van der Waals surface area contributed by atoms with Crippen LogP contribution in [0, 0.1) is 0 Å². The summed E-state index contributed by atoms with van der Waals surface area (Å²) >= 11 is 5.71. The van der Waals surface area contributed by atoms with Crippen LogP contribution in [0.25, 0.3) is 10.9 Å². The minimum absolute atomic E-state index is 0.421. The molecule has 1 unspecified atom stereocenters. The Labute approximate surface area is 141 Å². The molecule has 2 aromatic rings. The summed E-state index contributed by atoms with van der Waals surface area (Å²) in [5.74, 6) is 0. The Morgan fingerprint density at radius 3 is 2.96 bits per heavy atom. The molecule has 1 aromatic carbocycles. The Morgan fingerprint density at radius 2 is 2.17 bits per heavy atom. The van der Waals surface area contributed by atoms with Crippen LogP contribution in [0.3, 0.4) is 0 Å². The second-order valence-electron chi connectivity index (χ2n) is 5.72. The molecule has 0 saturated carbocycles. The minimum Gasteiger partial charge on any atom is -0.382 e. The number of thiocarbonyl (C=S) groups is 1. The van der Waals surface area contributed by atoms with Gasteiger partial charge in [-0.3, -0.25) is 15.3 Å².